The van der Waals surface area contributed by atoms with Gasteiger partial charge in [-0.15, -0.1) is 0 Å². The number of carbonyl (C=O) groups is 1. The molecule has 0 aromatic carbocycles. The molecule has 0 aromatic rings. The molecular weight excluding hydrogens is 134 g/mol. The molecule has 4 nitrogen and oxygen atoms in total. The number of rotatable bonds is 0. The summed E-state index contributed by atoms with van der Waals surface area (Å²) < 4.78 is 9.62. The van der Waals surface area contributed by atoms with E-state index in [0.29, 0.717) is 5.90 Å². The van der Waals surface area contributed by atoms with Crippen LogP contribution in [0.25, 0.3) is 0 Å². The number of hydrogen-bond acceptors (Lipinski definition) is 4. The van der Waals surface area contributed by atoms with Crippen molar-refractivity contribution in [1.29, 1.82) is 0 Å². The van der Waals surface area contributed by atoms with Crippen LogP contribution in [-0.2, 0) is 14.3 Å². The first-order chi connectivity index (χ1) is 4.74. The Kier molecular flexibility index (Phi) is 1.89. The van der Waals surface area contributed by atoms with Crippen molar-refractivity contribution >= 4 is 11.9 Å². The molecule has 4 heteroatoms. The lowest BCUT2D eigenvalue weighted by Gasteiger charge is -2.17. The van der Waals surface area contributed by atoms with Crippen molar-refractivity contribution in [3.63, 3.8) is 0 Å². The molecule has 10 heavy (non-hydrogen) atoms. The number of aliphatic imine (C=N–C) groups is 1. The van der Waals surface area contributed by atoms with Gasteiger partial charge in [0.15, 0.2) is 6.10 Å². The highest BCUT2D eigenvalue weighted by Gasteiger charge is 2.20. The SMILES string of the molecule is COC1=NCC(=O)OC1C. The standard InChI is InChI=1S/C6H9NO3/c1-4-6(9-2)7-3-5(8)10-4/h4H,3H2,1-2H3. The van der Waals surface area contributed by atoms with Crippen LogP contribution in [0, 0.1) is 0 Å². The number of ether oxygens (including phenoxy) is 2. The van der Waals surface area contributed by atoms with E-state index in [4.69, 9.17) is 9.47 Å². The maximum atomic E-state index is 10.6. The quantitative estimate of drug-likeness (QED) is 0.447. The minimum absolute atomic E-state index is 0.0769. The Hall–Kier alpha value is -1.06. The molecule has 1 rings (SSSR count). The number of hydrogen-bond donors (Lipinski definition) is 0. The molecule has 0 fully saturated rings. The highest BCUT2D eigenvalue weighted by atomic mass is 16.6. The highest BCUT2D eigenvalue weighted by molar-refractivity contribution is 5.88. The fraction of sp³-hybridized carbons (Fsp3) is 0.667. The van der Waals surface area contributed by atoms with E-state index in [1.165, 1.54) is 7.11 Å². The van der Waals surface area contributed by atoms with E-state index in [1.54, 1.807) is 6.92 Å². The zero-order valence-electron chi connectivity index (χ0n) is 5.96. The zero-order chi connectivity index (χ0) is 7.56. The molecular formula is C6H9NO3. The predicted octanol–water partition coefficient (Wildman–Crippen LogP) is -0.0234. The van der Waals surface area contributed by atoms with Gasteiger partial charge in [-0.3, -0.25) is 4.79 Å². The van der Waals surface area contributed by atoms with Crippen LogP contribution >= 0.6 is 0 Å². The van der Waals surface area contributed by atoms with Gasteiger partial charge in [-0.1, -0.05) is 0 Å². The number of nitrogens with zero attached hydrogens (tertiary/aromatic N) is 1. The summed E-state index contributed by atoms with van der Waals surface area (Å²) in [5, 5.41) is 0. The van der Waals surface area contributed by atoms with Crippen molar-refractivity contribution in [2.24, 2.45) is 4.99 Å². The van der Waals surface area contributed by atoms with E-state index in [9.17, 15) is 4.79 Å². The Morgan fingerprint density at radius 2 is 2.50 bits per heavy atom. The molecule has 0 aromatic heterocycles. The van der Waals surface area contributed by atoms with E-state index in [-0.39, 0.29) is 18.6 Å². The van der Waals surface area contributed by atoms with Crippen molar-refractivity contribution in [3.8, 4) is 0 Å². The third-order valence-corrected chi connectivity index (χ3v) is 1.23. The molecule has 0 amide bonds. The summed E-state index contributed by atoms with van der Waals surface area (Å²) >= 11 is 0. The molecule has 1 aliphatic heterocycles. The lowest BCUT2D eigenvalue weighted by atomic mass is 10.3. The van der Waals surface area contributed by atoms with Crippen LogP contribution in [0.3, 0.4) is 0 Å². The minimum atomic E-state index is -0.328. The minimum Gasteiger partial charge on any atom is -0.482 e. The largest absolute Gasteiger partial charge is 0.482 e. The summed E-state index contributed by atoms with van der Waals surface area (Å²) in [6.07, 6.45) is -0.328. The van der Waals surface area contributed by atoms with Crippen LogP contribution in [0.2, 0.25) is 0 Å². The maximum Gasteiger partial charge on any atom is 0.328 e. The number of methoxy groups -OCH3 is 1. The van der Waals surface area contributed by atoms with E-state index >= 15 is 0 Å². The van der Waals surface area contributed by atoms with Crippen LogP contribution < -0.4 is 0 Å². The van der Waals surface area contributed by atoms with Gasteiger partial charge in [0.1, 0.15) is 6.54 Å². The fourth-order valence-electron chi connectivity index (χ4n) is 0.786. The molecule has 1 atom stereocenters. The van der Waals surface area contributed by atoms with Gasteiger partial charge in [-0.05, 0) is 6.92 Å². The average molecular weight is 143 g/mol. The summed E-state index contributed by atoms with van der Waals surface area (Å²) in [5.74, 6) is 0.188. The Bertz CT molecular complexity index is 176. The van der Waals surface area contributed by atoms with Crippen LogP contribution in [0.15, 0.2) is 4.99 Å². The zero-order valence-corrected chi connectivity index (χ0v) is 5.96. The van der Waals surface area contributed by atoms with Gasteiger partial charge in [0.25, 0.3) is 0 Å². The van der Waals surface area contributed by atoms with Gasteiger partial charge < -0.3 is 9.47 Å². The molecule has 1 aliphatic rings. The summed E-state index contributed by atoms with van der Waals surface area (Å²) in [7, 11) is 1.51. The molecule has 0 spiro atoms. The van der Waals surface area contributed by atoms with Crippen molar-refractivity contribution in [2.75, 3.05) is 13.7 Å². The molecule has 0 N–H and O–H groups in total. The molecule has 0 radical (unpaired) electrons. The van der Waals surface area contributed by atoms with Gasteiger partial charge in [0.2, 0.25) is 5.90 Å². The third-order valence-electron chi connectivity index (χ3n) is 1.23. The van der Waals surface area contributed by atoms with E-state index in [0.717, 1.165) is 0 Å². The van der Waals surface area contributed by atoms with Crippen LogP contribution in [0.4, 0.5) is 0 Å². The first-order valence-electron chi connectivity index (χ1n) is 3.02. The lowest BCUT2D eigenvalue weighted by Crippen LogP contribution is -2.31. The first-order valence-corrected chi connectivity index (χ1v) is 3.02. The van der Waals surface area contributed by atoms with Crippen molar-refractivity contribution < 1.29 is 14.3 Å². The maximum absolute atomic E-state index is 10.6. The summed E-state index contributed by atoms with van der Waals surface area (Å²) in [4.78, 5) is 14.4. The smallest absolute Gasteiger partial charge is 0.328 e. The monoisotopic (exact) mass is 143 g/mol. The highest BCUT2D eigenvalue weighted by Crippen LogP contribution is 2.02. The Morgan fingerprint density at radius 3 is 3.00 bits per heavy atom. The predicted molar refractivity (Wildman–Crippen MR) is 34.9 cm³/mol. The Morgan fingerprint density at radius 1 is 1.80 bits per heavy atom. The fourth-order valence-corrected chi connectivity index (χ4v) is 0.786. The van der Waals surface area contributed by atoms with Crippen molar-refractivity contribution in [1.82, 2.24) is 0 Å². The molecule has 1 unspecified atom stereocenters. The molecule has 0 saturated carbocycles. The Labute approximate surface area is 58.8 Å². The van der Waals surface area contributed by atoms with Crippen LogP contribution in [-0.4, -0.2) is 31.6 Å². The second kappa shape index (κ2) is 2.68. The van der Waals surface area contributed by atoms with Crippen LogP contribution in [0.1, 0.15) is 6.92 Å². The number of cyclic esters (lactones) is 1. The Balaban J connectivity index is 2.65. The van der Waals surface area contributed by atoms with Crippen molar-refractivity contribution in [2.45, 2.75) is 13.0 Å². The molecule has 56 valence electrons. The molecule has 0 aliphatic carbocycles. The third kappa shape index (κ3) is 1.26. The van der Waals surface area contributed by atoms with Gasteiger partial charge in [0.05, 0.1) is 7.11 Å². The summed E-state index contributed by atoms with van der Waals surface area (Å²) in [6, 6.07) is 0. The first kappa shape index (κ1) is 7.05. The normalized spacial score (nSPS) is 25.2. The van der Waals surface area contributed by atoms with Gasteiger partial charge in [0, 0.05) is 0 Å². The number of esters is 1. The van der Waals surface area contributed by atoms with Gasteiger partial charge in [-0.25, -0.2) is 4.99 Å². The summed E-state index contributed by atoms with van der Waals surface area (Å²) in [5.41, 5.74) is 0. The average Bonchev–Trinajstić information content (AvgIpc) is 1.88. The van der Waals surface area contributed by atoms with Gasteiger partial charge >= 0.3 is 5.97 Å². The molecule has 0 bridgehead atoms. The topological polar surface area (TPSA) is 47.9 Å². The second-order valence-corrected chi connectivity index (χ2v) is 1.99. The molecule has 0 saturated heterocycles. The lowest BCUT2D eigenvalue weighted by molar-refractivity contribution is -0.145. The van der Waals surface area contributed by atoms with Gasteiger partial charge in [-0.2, -0.15) is 0 Å². The van der Waals surface area contributed by atoms with Crippen molar-refractivity contribution in [3.05, 3.63) is 0 Å². The van der Waals surface area contributed by atoms with Crippen LogP contribution in [0.5, 0.6) is 0 Å². The number of carbonyl (C=O) groups excluding carboxylic acids is 1. The van der Waals surface area contributed by atoms with E-state index in [1.807, 2.05) is 0 Å². The summed E-state index contributed by atoms with van der Waals surface area (Å²) in [6.45, 7) is 1.80. The van der Waals surface area contributed by atoms with E-state index in [2.05, 4.69) is 4.99 Å². The second-order valence-electron chi connectivity index (χ2n) is 1.99. The molecule has 1 heterocycles. The van der Waals surface area contributed by atoms with E-state index < -0.39 is 0 Å².